The molecule has 0 unspecified atom stereocenters. The molecule has 2 aromatic rings. The topological polar surface area (TPSA) is 75.6 Å². The Morgan fingerprint density at radius 2 is 2.25 bits per heavy atom. The molecule has 0 bridgehead atoms. The molecule has 3 rings (SSSR count). The van der Waals surface area contributed by atoms with E-state index in [1.54, 1.807) is 12.3 Å². The van der Waals surface area contributed by atoms with Crippen LogP contribution in [0.1, 0.15) is 48.8 Å². The molecule has 0 spiro atoms. The van der Waals surface area contributed by atoms with Crippen LogP contribution < -0.4 is 5.32 Å². The van der Waals surface area contributed by atoms with Gasteiger partial charge in [-0.2, -0.15) is 23.4 Å². The number of carbonyl (C=O) groups is 1. The van der Waals surface area contributed by atoms with Crippen LogP contribution in [0.15, 0.2) is 16.7 Å². The van der Waals surface area contributed by atoms with Gasteiger partial charge in [0, 0.05) is 12.1 Å². The van der Waals surface area contributed by atoms with Gasteiger partial charge in [-0.3, -0.25) is 14.6 Å². The van der Waals surface area contributed by atoms with Gasteiger partial charge < -0.3 is 5.32 Å². The van der Waals surface area contributed by atoms with E-state index >= 15 is 0 Å². The van der Waals surface area contributed by atoms with E-state index in [0.29, 0.717) is 11.4 Å². The number of nitrogens with zero attached hydrogens (tertiary/aromatic N) is 3. The molecule has 2 aromatic heterocycles. The quantitative estimate of drug-likeness (QED) is 0.801. The molecule has 10 heteroatoms. The SMILES string of the molecule is C[C@@H](C(=O)NCc1ccn[nH]1)n1nc(C(F)(F)F)c(Br)c1C1CC1. The summed E-state index contributed by atoms with van der Waals surface area (Å²) in [4.78, 5) is 12.3. The summed E-state index contributed by atoms with van der Waals surface area (Å²) in [5.74, 6) is -0.402. The van der Waals surface area contributed by atoms with Gasteiger partial charge in [0.2, 0.25) is 5.91 Å². The van der Waals surface area contributed by atoms with Crippen molar-refractivity contribution < 1.29 is 18.0 Å². The number of aromatic amines is 1. The third kappa shape index (κ3) is 3.33. The highest BCUT2D eigenvalue weighted by Gasteiger charge is 2.42. The normalized spacial score (nSPS) is 16.2. The number of aromatic nitrogens is 4. The maximum atomic E-state index is 13.1. The average molecular weight is 406 g/mol. The molecule has 130 valence electrons. The number of carbonyl (C=O) groups excluding carboxylic acids is 1. The van der Waals surface area contributed by atoms with E-state index in [4.69, 9.17) is 0 Å². The molecule has 0 radical (unpaired) electrons. The summed E-state index contributed by atoms with van der Waals surface area (Å²) in [7, 11) is 0. The van der Waals surface area contributed by atoms with Crippen molar-refractivity contribution in [3.8, 4) is 0 Å². The summed E-state index contributed by atoms with van der Waals surface area (Å²) in [6, 6.07) is 0.850. The number of hydrogen-bond acceptors (Lipinski definition) is 3. The minimum atomic E-state index is -4.57. The number of rotatable bonds is 5. The molecule has 2 heterocycles. The Kier molecular flexibility index (Phi) is 4.41. The van der Waals surface area contributed by atoms with Crippen LogP contribution in [0.2, 0.25) is 0 Å². The van der Waals surface area contributed by atoms with Crippen molar-refractivity contribution in [2.75, 3.05) is 0 Å². The maximum absolute atomic E-state index is 13.1. The van der Waals surface area contributed by atoms with Crippen LogP contribution in [-0.2, 0) is 17.5 Å². The Balaban J connectivity index is 1.83. The van der Waals surface area contributed by atoms with E-state index in [1.165, 1.54) is 11.6 Å². The van der Waals surface area contributed by atoms with Crippen molar-refractivity contribution in [1.82, 2.24) is 25.3 Å². The second-order valence-corrected chi connectivity index (χ2v) is 6.53. The average Bonchev–Trinajstić information content (AvgIpc) is 3.08. The molecule has 1 atom stereocenters. The molecule has 6 nitrogen and oxygen atoms in total. The number of H-pyrrole nitrogens is 1. The lowest BCUT2D eigenvalue weighted by atomic mass is 10.2. The van der Waals surface area contributed by atoms with Gasteiger partial charge in [-0.25, -0.2) is 0 Å². The van der Waals surface area contributed by atoms with E-state index in [1.807, 2.05) is 0 Å². The van der Waals surface area contributed by atoms with Crippen molar-refractivity contribution in [1.29, 1.82) is 0 Å². The van der Waals surface area contributed by atoms with Crippen LogP contribution in [0, 0.1) is 0 Å². The molecule has 0 saturated heterocycles. The first-order chi connectivity index (χ1) is 11.3. The number of amides is 1. The number of alkyl halides is 3. The Bertz CT molecular complexity index is 736. The number of halogens is 4. The molecular weight excluding hydrogens is 391 g/mol. The fraction of sp³-hybridized carbons (Fsp3) is 0.500. The van der Waals surface area contributed by atoms with Crippen molar-refractivity contribution in [2.24, 2.45) is 0 Å². The standard InChI is InChI=1S/C14H15BrF3N5O/c1-7(13(24)19-6-9-4-5-20-21-9)23-11(8-2-3-8)10(15)12(22-23)14(16,17)18/h4-5,7-8H,2-3,6H2,1H3,(H,19,24)(H,20,21)/t7-/m0/s1. The summed E-state index contributed by atoms with van der Waals surface area (Å²) in [6.07, 6.45) is -1.43. The van der Waals surface area contributed by atoms with Gasteiger partial charge in [0.1, 0.15) is 6.04 Å². The van der Waals surface area contributed by atoms with Crippen LogP contribution in [0.3, 0.4) is 0 Å². The van der Waals surface area contributed by atoms with Gasteiger partial charge in [0.05, 0.1) is 22.4 Å². The zero-order valence-electron chi connectivity index (χ0n) is 12.7. The summed E-state index contributed by atoms with van der Waals surface area (Å²) in [5.41, 5.74) is 0.153. The van der Waals surface area contributed by atoms with Crippen LogP contribution in [0.4, 0.5) is 13.2 Å². The summed E-state index contributed by atoms with van der Waals surface area (Å²) >= 11 is 3.02. The van der Waals surface area contributed by atoms with Crippen LogP contribution >= 0.6 is 15.9 Å². The second kappa shape index (κ2) is 6.23. The predicted molar refractivity (Wildman–Crippen MR) is 82.0 cm³/mol. The highest BCUT2D eigenvalue weighted by molar-refractivity contribution is 9.10. The maximum Gasteiger partial charge on any atom is 0.436 e. The van der Waals surface area contributed by atoms with Gasteiger partial charge >= 0.3 is 6.18 Å². The molecular formula is C14H15BrF3N5O. The van der Waals surface area contributed by atoms with E-state index in [9.17, 15) is 18.0 Å². The van der Waals surface area contributed by atoms with Crippen LogP contribution in [0.25, 0.3) is 0 Å². The van der Waals surface area contributed by atoms with Gasteiger partial charge in [-0.05, 0) is 41.8 Å². The first-order valence-electron chi connectivity index (χ1n) is 7.40. The van der Waals surface area contributed by atoms with Crippen LogP contribution in [0.5, 0.6) is 0 Å². The largest absolute Gasteiger partial charge is 0.436 e. The monoisotopic (exact) mass is 405 g/mol. The fourth-order valence-corrected chi connectivity index (χ4v) is 3.26. The zero-order chi connectivity index (χ0) is 17.5. The molecule has 1 fully saturated rings. The lowest BCUT2D eigenvalue weighted by Gasteiger charge is -2.15. The minimum Gasteiger partial charge on any atom is -0.349 e. The minimum absolute atomic E-state index is 0.00540. The fourth-order valence-electron chi connectivity index (χ4n) is 2.45. The number of nitrogens with one attached hydrogen (secondary N) is 2. The third-order valence-electron chi connectivity index (χ3n) is 3.88. The Morgan fingerprint density at radius 1 is 1.54 bits per heavy atom. The first-order valence-corrected chi connectivity index (χ1v) is 8.19. The molecule has 1 saturated carbocycles. The highest BCUT2D eigenvalue weighted by atomic mass is 79.9. The smallest absolute Gasteiger partial charge is 0.349 e. The predicted octanol–water partition coefficient (Wildman–Crippen LogP) is 3.14. The Labute approximate surface area is 143 Å². The van der Waals surface area contributed by atoms with Gasteiger partial charge in [0.15, 0.2) is 5.69 Å². The summed E-state index contributed by atoms with van der Waals surface area (Å²) in [6.45, 7) is 1.75. The second-order valence-electron chi connectivity index (χ2n) is 5.74. The molecule has 0 aromatic carbocycles. The van der Waals surface area contributed by atoms with E-state index in [0.717, 1.165) is 12.8 Å². The summed E-state index contributed by atoms with van der Waals surface area (Å²) < 4.78 is 40.4. The Hall–Kier alpha value is -1.84. The molecule has 2 N–H and O–H groups in total. The molecule has 24 heavy (non-hydrogen) atoms. The van der Waals surface area contributed by atoms with Crippen LogP contribution in [-0.4, -0.2) is 25.9 Å². The summed E-state index contributed by atoms with van der Waals surface area (Å²) in [5, 5.41) is 12.8. The van der Waals surface area contributed by atoms with E-state index in [-0.39, 0.29) is 16.9 Å². The van der Waals surface area contributed by atoms with Crippen molar-refractivity contribution in [2.45, 2.75) is 44.4 Å². The van der Waals surface area contributed by atoms with Gasteiger partial charge in [-0.1, -0.05) is 0 Å². The lowest BCUT2D eigenvalue weighted by Crippen LogP contribution is -2.32. The van der Waals surface area contributed by atoms with Gasteiger partial charge in [0.25, 0.3) is 0 Å². The van der Waals surface area contributed by atoms with E-state index in [2.05, 4.69) is 36.5 Å². The number of hydrogen-bond donors (Lipinski definition) is 2. The van der Waals surface area contributed by atoms with Crippen molar-refractivity contribution >= 4 is 21.8 Å². The zero-order valence-corrected chi connectivity index (χ0v) is 14.3. The van der Waals surface area contributed by atoms with Crippen molar-refractivity contribution in [3.05, 3.63) is 33.8 Å². The molecule has 1 amide bonds. The third-order valence-corrected chi connectivity index (χ3v) is 4.66. The van der Waals surface area contributed by atoms with Gasteiger partial charge in [-0.15, -0.1) is 0 Å². The highest BCUT2D eigenvalue weighted by Crippen LogP contribution is 2.47. The van der Waals surface area contributed by atoms with Crippen molar-refractivity contribution in [3.63, 3.8) is 0 Å². The molecule has 1 aliphatic rings. The molecule has 0 aliphatic heterocycles. The van der Waals surface area contributed by atoms with E-state index < -0.39 is 23.8 Å². The first kappa shape index (κ1) is 17.0. The molecule has 1 aliphatic carbocycles. The Morgan fingerprint density at radius 3 is 2.79 bits per heavy atom. The lowest BCUT2D eigenvalue weighted by molar-refractivity contribution is -0.142.